The zero-order valence-corrected chi connectivity index (χ0v) is 15.7. The average Bonchev–Trinajstić information content (AvgIpc) is 3.33. The molecule has 0 fully saturated rings. The van der Waals surface area contributed by atoms with E-state index in [1.807, 2.05) is 66.7 Å². The van der Waals surface area contributed by atoms with Crippen LogP contribution < -0.4 is 5.30 Å². The van der Waals surface area contributed by atoms with Crippen LogP contribution in [0.1, 0.15) is 0 Å². The largest absolute Gasteiger partial charge is 2.00 e. The third-order valence-corrected chi connectivity index (χ3v) is 3.51. The quantitative estimate of drug-likeness (QED) is 0.230. The minimum atomic E-state index is 0. The Hall–Kier alpha value is -1.91. The second-order valence-electron chi connectivity index (χ2n) is 4.91. The number of rotatable bonds is 1. The van der Waals surface area contributed by atoms with E-state index < -0.39 is 0 Å². The summed E-state index contributed by atoms with van der Waals surface area (Å²) in [5.41, 5.74) is 2.55. The molecule has 122 valence electrons. The molecule has 4 aromatic carbocycles. The normalized spacial score (nSPS) is 8.71. The molecule has 0 aliphatic carbocycles. The van der Waals surface area contributed by atoms with Gasteiger partial charge in [0.25, 0.3) is 0 Å². The van der Waals surface area contributed by atoms with Crippen molar-refractivity contribution in [3.63, 3.8) is 0 Å². The zero-order chi connectivity index (χ0) is 16.2. The molecule has 4 rings (SSSR count). The smallest absolute Gasteiger partial charge is 0.214 e. The van der Waals surface area contributed by atoms with E-state index >= 15 is 0 Å². The molecule has 0 spiro atoms. The summed E-state index contributed by atoms with van der Waals surface area (Å²) in [6.45, 7) is 0. The van der Waals surface area contributed by atoms with E-state index in [2.05, 4.69) is 57.8 Å². The van der Waals surface area contributed by atoms with E-state index in [9.17, 15) is 0 Å². The summed E-state index contributed by atoms with van der Waals surface area (Å²) in [4.78, 5) is 0. The van der Waals surface area contributed by atoms with Gasteiger partial charge in [-0.05, 0) is 11.1 Å². The van der Waals surface area contributed by atoms with Crippen molar-refractivity contribution in [3.05, 3.63) is 115 Å². The molecule has 24 heavy (non-hydrogen) atoms. The van der Waals surface area contributed by atoms with Gasteiger partial charge in [-0.15, -0.1) is 14.5 Å². The van der Waals surface area contributed by atoms with Crippen LogP contribution in [0.3, 0.4) is 0 Å². The van der Waals surface area contributed by atoms with Gasteiger partial charge in [-0.2, -0.15) is 30.3 Å². The molecule has 1 unspecified atom stereocenters. The summed E-state index contributed by atoms with van der Waals surface area (Å²) in [6.07, 6.45) is 0. The molecule has 0 amide bonds. The summed E-state index contributed by atoms with van der Waals surface area (Å²) >= 11 is 0. The van der Waals surface area contributed by atoms with Gasteiger partial charge in [-0.1, -0.05) is 60.7 Å². The van der Waals surface area contributed by atoms with Crippen molar-refractivity contribution in [2.75, 3.05) is 0 Å². The van der Waals surface area contributed by atoms with Crippen LogP contribution >= 0.6 is 9.24 Å². The van der Waals surface area contributed by atoms with Crippen molar-refractivity contribution in [2.45, 2.75) is 0 Å². The van der Waals surface area contributed by atoms with E-state index in [0.717, 1.165) is 0 Å². The first-order valence-corrected chi connectivity index (χ1v) is 8.18. The molecule has 4 aromatic rings. The molecule has 0 saturated heterocycles. The molecule has 1 atom stereocenters. The standard InChI is InChI=1S/C12H10.C5H6P.C5H5.Fe/c1-3-7-11(8-4-1)12-9-5-2-6-10-12;6-5-3-1-2-4-5;1-2-4-5-3-1;/h1-10H;1-4H,6H2;1-5H;/q;2*-1;+2. The van der Waals surface area contributed by atoms with Crippen molar-refractivity contribution in [1.82, 2.24) is 0 Å². The van der Waals surface area contributed by atoms with Crippen molar-refractivity contribution in [1.29, 1.82) is 0 Å². The van der Waals surface area contributed by atoms with Crippen LogP contribution in [0.15, 0.2) is 115 Å². The summed E-state index contributed by atoms with van der Waals surface area (Å²) < 4.78 is 0. The first-order valence-electron chi connectivity index (χ1n) is 7.60. The maximum absolute atomic E-state index is 2.62. The van der Waals surface area contributed by atoms with Crippen LogP contribution in [0.4, 0.5) is 0 Å². The molecule has 0 aliphatic heterocycles. The molecule has 0 bridgehead atoms. The minimum Gasteiger partial charge on any atom is -0.214 e. The molecule has 0 N–H and O–H groups in total. The predicted octanol–water partition coefficient (Wildman–Crippen LogP) is 5.66. The second-order valence-corrected chi connectivity index (χ2v) is 5.58. The monoisotopic (exact) mass is 372 g/mol. The van der Waals surface area contributed by atoms with Crippen molar-refractivity contribution in [2.24, 2.45) is 0 Å². The molecule has 2 heteroatoms. The fourth-order valence-corrected chi connectivity index (χ4v) is 2.19. The molecule has 0 aliphatic rings. The van der Waals surface area contributed by atoms with Crippen LogP contribution in [0.25, 0.3) is 11.1 Å². The van der Waals surface area contributed by atoms with Gasteiger partial charge in [0, 0.05) is 0 Å². The third kappa shape index (κ3) is 8.09. The summed E-state index contributed by atoms with van der Waals surface area (Å²) in [6, 6.07) is 38.9. The maximum Gasteiger partial charge on any atom is 2.00 e. The molecular formula is C22H21FeP. The Morgan fingerprint density at radius 3 is 1.29 bits per heavy atom. The van der Waals surface area contributed by atoms with E-state index in [1.165, 1.54) is 16.4 Å². The van der Waals surface area contributed by atoms with Gasteiger partial charge in [0.15, 0.2) is 0 Å². The first kappa shape index (κ1) is 20.1. The summed E-state index contributed by atoms with van der Waals surface area (Å²) in [7, 11) is 2.62. The molecule has 0 heterocycles. The number of benzene rings is 2. The van der Waals surface area contributed by atoms with Gasteiger partial charge in [0.1, 0.15) is 0 Å². The average molecular weight is 372 g/mol. The SMILES string of the molecule is Pc1ccc[cH-]1.[Fe+2].c1cc[cH-]c1.c1ccc(-c2ccccc2)cc1. The summed E-state index contributed by atoms with van der Waals surface area (Å²) in [5.74, 6) is 0. The maximum atomic E-state index is 2.62. The van der Waals surface area contributed by atoms with Crippen LogP contribution in [0.2, 0.25) is 0 Å². The van der Waals surface area contributed by atoms with Crippen molar-refractivity contribution in [3.8, 4) is 11.1 Å². The zero-order valence-electron chi connectivity index (χ0n) is 13.4. The van der Waals surface area contributed by atoms with E-state index in [-0.39, 0.29) is 17.1 Å². The van der Waals surface area contributed by atoms with Crippen LogP contribution in [0, 0.1) is 0 Å². The van der Waals surface area contributed by atoms with Gasteiger partial charge in [-0.25, -0.2) is 24.3 Å². The minimum absolute atomic E-state index is 0. The Bertz CT molecular complexity index is 660. The van der Waals surface area contributed by atoms with Gasteiger partial charge in [0.2, 0.25) is 0 Å². The Balaban J connectivity index is 0.000000202. The van der Waals surface area contributed by atoms with Gasteiger partial charge in [-0.3, -0.25) is 0 Å². The van der Waals surface area contributed by atoms with Crippen molar-refractivity contribution >= 4 is 14.5 Å². The van der Waals surface area contributed by atoms with E-state index in [4.69, 9.17) is 0 Å². The second kappa shape index (κ2) is 12.5. The third-order valence-electron chi connectivity index (χ3n) is 3.12. The molecule has 0 nitrogen and oxygen atoms in total. The number of hydrogen-bond donors (Lipinski definition) is 0. The van der Waals surface area contributed by atoms with Crippen LogP contribution in [0.5, 0.6) is 0 Å². The Morgan fingerprint density at radius 2 is 1.04 bits per heavy atom. The number of hydrogen-bond acceptors (Lipinski definition) is 0. The molecule has 0 radical (unpaired) electrons. The van der Waals surface area contributed by atoms with Crippen molar-refractivity contribution < 1.29 is 17.1 Å². The first-order chi connectivity index (χ1) is 11.4. The van der Waals surface area contributed by atoms with Gasteiger partial charge in [0.05, 0.1) is 0 Å². The fraction of sp³-hybridized carbons (Fsp3) is 0. The Labute approximate surface area is 158 Å². The summed E-state index contributed by atoms with van der Waals surface area (Å²) in [5, 5.41) is 1.26. The molecule has 0 aromatic heterocycles. The fourth-order valence-electron chi connectivity index (χ4n) is 1.97. The Kier molecular flexibility index (Phi) is 10.5. The topological polar surface area (TPSA) is 0 Å². The molecule has 0 saturated carbocycles. The van der Waals surface area contributed by atoms with E-state index in [0.29, 0.717) is 0 Å². The Morgan fingerprint density at radius 1 is 0.542 bits per heavy atom. The molecular weight excluding hydrogens is 351 g/mol. The van der Waals surface area contributed by atoms with Crippen LogP contribution in [-0.4, -0.2) is 0 Å². The van der Waals surface area contributed by atoms with Gasteiger partial charge >= 0.3 is 17.1 Å². The van der Waals surface area contributed by atoms with E-state index in [1.54, 1.807) is 0 Å². The van der Waals surface area contributed by atoms with Gasteiger partial charge < -0.3 is 0 Å². The van der Waals surface area contributed by atoms with Crippen LogP contribution in [-0.2, 0) is 17.1 Å². The predicted molar refractivity (Wildman–Crippen MR) is 105 cm³/mol.